The second-order valence-corrected chi connectivity index (χ2v) is 8.84. The highest BCUT2D eigenvalue weighted by atomic mass is 79.9. The van der Waals surface area contributed by atoms with Crippen LogP contribution in [-0.2, 0) is 10.0 Å². The fourth-order valence-electron chi connectivity index (χ4n) is 3.94. The molecule has 1 N–H and O–H groups in total. The number of halogens is 1. The van der Waals surface area contributed by atoms with Crippen LogP contribution in [0.3, 0.4) is 0 Å². The molecule has 2 aliphatic rings. The second-order valence-electron chi connectivity index (χ2n) is 6.21. The standard InChI is InChI=1S/C15H20BrNO2S/c1-10(15-8-11-5-6-12(15)7-11)17-20(18,19)14-4-2-3-13(16)9-14/h2-4,9-12,15,17H,5-8H2,1H3. The van der Waals surface area contributed by atoms with Gasteiger partial charge in [0.1, 0.15) is 0 Å². The Morgan fingerprint density at radius 3 is 2.70 bits per heavy atom. The molecule has 1 aromatic rings. The number of rotatable bonds is 4. The summed E-state index contributed by atoms with van der Waals surface area (Å²) in [5, 5.41) is 0. The molecule has 0 radical (unpaired) electrons. The molecule has 2 saturated carbocycles. The summed E-state index contributed by atoms with van der Waals surface area (Å²) in [7, 11) is -3.42. The molecule has 0 spiro atoms. The van der Waals surface area contributed by atoms with Gasteiger partial charge in [-0.05, 0) is 62.1 Å². The molecule has 0 aliphatic heterocycles. The lowest BCUT2D eigenvalue weighted by atomic mass is 9.84. The van der Waals surface area contributed by atoms with Crippen LogP contribution < -0.4 is 4.72 Å². The maximum atomic E-state index is 12.4. The van der Waals surface area contributed by atoms with Crippen molar-refractivity contribution < 1.29 is 8.42 Å². The van der Waals surface area contributed by atoms with Crippen molar-refractivity contribution in [2.75, 3.05) is 0 Å². The third-order valence-corrected chi connectivity index (χ3v) is 6.93. The van der Waals surface area contributed by atoms with E-state index in [1.54, 1.807) is 18.2 Å². The van der Waals surface area contributed by atoms with Crippen LogP contribution in [0.15, 0.2) is 33.6 Å². The molecule has 0 heterocycles. The van der Waals surface area contributed by atoms with Crippen molar-refractivity contribution in [2.24, 2.45) is 17.8 Å². The Hall–Kier alpha value is -0.390. The number of hydrogen-bond donors (Lipinski definition) is 1. The maximum Gasteiger partial charge on any atom is 0.240 e. The Labute approximate surface area is 129 Å². The van der Waals surface area contributed by atoms with Gasteiger partial charge in [-0.25, -0.2) is 13.1 Å². The van der Waals surface area contributed by atoms with Crippen LogP contribution in [0.5, 0.6) is 0 Å². The van der Waals surface area contributed by atoms with E-state index in [0.717, 1.165) is 16.3 Å². The monoisotopic (exact) mass is 357 g/mol. The maximum absolute atomic E-state index is 12.4. The van der Waals surface area contributed by atoms with E-state index in [-0.39, 0.29) is 6.04 Å². The number of benzene rings is 1. The lowest BCUT2D eigenvalue weighted by molar-refractivity contribution is 0.280. The van der Waals surface area contributed by atoms with Gasteiger partial charge < -0.3 is 0 Å². The minimum Gasteiger partial charge on any atom is -0.208 e. The third-order valence-electron chi connectivity index (χ3n) is 4.88. The van der Waals surface area contributed by atoms with Gasteiger partial charge in [0.25, 0.3) is 0 Å². The topological polar surface area (TPSA) is 46.2 Å². The zero-order valence-electron chi connectivity index (χ0n) is 11.5. The Bertz CT molecular complexity index is 602. The van der Waals surface area contributed by atoms with Gasteiger partial charge in [-0.1, -0.05) is 28.4 Å². The van der Waals surface area contributed by atoms with Gasteiger partial charge in [-0.2, -0.15) is 0 Å². The molecule has 0 aromatic heterocycles. The van der Waals surface area contributed by atoms with Crippen molar-refractivity contribution in [3.05, 3.63) is 28.7 Å². The van der Waals surface area contributed by atoms with Crippen LogP contribution in [-0.4, -0.2) is 14.5 Å². The van der Waals surface area contributed by atoms with Crippen molar-refractivity contribution >= 4 is 26.0 Å². The summed E-state index contributed by atoms with van der Waals surface area (Å²) in [6.07, 6.45) is 5.10. The predicted octanol–water partition coefficient (Wildman–Crippen LogP) is 3.55. The van der Waals surface area contributed by atoms with Crippen molar-refractivity contribution in [1.82, 2.24) is 4.72 Å². The average molecular weight is 358 g/mol. The Morgan fingerprint density at radius 1 is 1.30 bits per heavy atom. The lowest BCUT2D eigenvalue weighted by Gasteiger charge is -2.28. The smallest absolute Gasteiger partial charge is 0.208 e. The summed E-state index contributed by atoms with van der Waals surface area (Å²) >= 11 is 3.32. The van der Waals surface area contributed by atoms with E-state index in [9.17, 15) is 8.42 Å². The van der Waals surface area contributed by atoms with E-state index in [1.165, 1.54) is 25.7 Å². The van der Waals surface area contributed by atoms with Gasteiger partial charge in [0.2, 0.25) is 10.0 Å². The first kappa shape index (κ1) is 14.5. The molecule has 2 aliphatic carbocycles. The van der Waals surface area contributed by atoms with Crippen LogP contribution in [0.2, 0.25) is 0 Å². The highest BCUT2D eigenvalue weighted by Gasteiger charge is 2.42. The molecular formula is C15H20BrNO2S. The highest BCUT2D eigenvalue weighted by molar-refractivity contribution is 9.10. The van der Waals surface area contributed by atoms with Crippen LogP contribution in [0, 0.1) is 17.8 Å². The van der Waals surface area contributed by atoms with Crippen molar-refractivity contribution in [1.29, 1.82) is 0 Å². The molecular weight excluding hydrogens is 338 g/mol. The first-order valence-electron chi connectivity index (χ1n) is 7.23. The normalized spacial score (nSPS) is 30.6. The van der Waals surface area contributed by atoms with E-state index in [4.69, 9.17) is 0 Å². The summed E-state index contributed by atoms with van der Waals surface area (Å²) in [6, 6.07) is 6.89. The molecule has 2 fully saturated rings. The minimum absolute atomic E-state index is 0.0225. The predicted molar refractivity (Wildman–Crippen MR) is 82.9 cm³/mol. The summed E-state index contributed by atoms with van der Waals surface area (Å²) in [5.41, 5.74) is 0. The molecule has 4 atom stereocenters. The number of sulfonamides is 1. The molecule has 3 nitrogen and oxygen atoms in total. The molecule has 0 amide bonds. The van der Waals surface area contributed by atoms with E-state index in [0.29, 0.717) is 10.8 Å². The van der Waals surface area contributed by atoms with Gasteiger partial charge in [-0.15, -0.1) is 0 Å². The molecule has 1 aromatic carbocycles. The van der Waals surface area contributed by atoms with E-state index < -0.39 is 10.0 Å². The summed E-state index contributed by atoms with van der Waals surface area (Å²) in [4.78, 5) is 0.335. The summed E-state index contributed by atoms with van der Waals surface area (Å²) < 4.78 is 28.5. The Balaban J connectivity index is 1.73. The number of fused-ring (bicyclic) bond motifs is 2. The highest BCUT2D eigenvalue weighted by Crippen LogP contribution is 2.49. The zero-order valence-corrected chi connectivity index (χ0v) is 14.0. The minimum atomic E-state index is -3.42. The lowest BCUT2D eigenvalue weighted by Crippen LogP contribution is -2.40. The van der Waals surface area contributed by atoms with Crippen molar-refractivity contribution in [3.63, 3.8) is 0 Å². The van der Waals surface area contributed by atoms with E-state index in [2.05, 4.69) is 20.7 Å². The average Bonchev–Trinajstić information content (AvgIpc) is 3.00. The quantitative estimate of drug-likeness (QED) is 0.895. The van der Waals surface area contributed by atoms with Crippen LogP contribution in [0.1, 0.15) is 32.6 Å². The Kier molecular flexibility index (Phi) is 3.95. The van der Waals surface area contributed by atoms with Crippen LogP contribution >= 0.6 is 15.9 Å². The zero-order chi connectivity index (χ0) is 14.3. The van der Waals surface area contributed by atoms with Crippen LogP contribution in [0.25, 0.3) is 0 Å². The molecule has 3 rings (SSSR count). The second kappa shape index (κ2) is 5.43. The fraction of sp³-hybridized carbons (Fsp3) is 0.600. The van der Waals surface area contributed by atoms with Gasteiger partial charge in [-0.3, -0.25) is 0 Å². The van der Waals surface area contributed by atoms with Crippen molar-refractivity contribution in [2.45, 2.75) is 43.5 Å². The first-order chi connectivity index (χ1) is 9.45. The molecule has 0 saturated heterocycles. The van der Waals surface area contributed by atoms with Crippen molar-refractivity contribution in [3.8, 4) is 0 Å². The van der Waals surface area contributed by atoms with Gasteiger partial charge >= 0.3 is 0 Å². The summed E-state index contributed by atoms with van der Waals surface area (Å²) in [5.74, 6) is 2.07. The SMILES string of the molecule is CC(NS(=O)(=O)c1cccc(Br)c1)C1CC2CCC1C2. The molecule has 4 unspecified atom stereocenters. The van der Waals surface area contributed by atoms with Gasteiger partial charge in [0, 0.05) is 10.5 Å². The van der Waals surface area contributed by atoms with E-state index in [1.807, 2.05) is 13.0 Å². The Morgan fingerprint density at radius 2 is 2.10 bits per heavy atom. The molecule has 20 heavy (non-hydrogen) atoms. The largest absolute Gasteiger partial charge is 0.240 e. The molecule has 2 bridgehead atoms. The number of nitrogens with one attached hydrogen (secondary N) is 1. The fourth-order valence-corrected chi connectivity index (χ4v) is 5.83. The van der Waals surface area contributed by atoms with Gasteiger partial charge in [0.15, 0.2) is 0 Å². The molecule has 110 valence electrons. The first-order valence-corrected chi connectivity index (χ1v) is 9.51. The third kappa shape index (κ3) is 2.81. The van der Waals surface area contributed by atoms with E-state index >= 15 is 0 Å². The van der Waals surface area contributed by atoms with Gasteiger partial charge in [0.05, 0.1) is 4.90 Å². The molecule has 5 heteroatoms. The van der Waals surface area contributed by atoms with Crippen LogP contribution in [0.4, 0.5) is 0 Å². The summed E-state index contributed by atoms with van der Waals surface area (Å²) in [6.45, 7) is 2.01. The number of hydrogen-bond acceptors (Lipinski definition) is 2.